The van der Waals surface area contributed by atoms with E-state index in [-0.39, 0.29) is 11.9 Å². The fourth-order valence-electron chi connectivity index (χ4n) is 3.42. The third-order valence-electron chi connectivity index (χ3n) is 4.77. The number of aliphatic carboxylic acids is 1. The molecule has 0 aromatic carbocycles. The Balaban J connectivity index is 1.68. The number of nitrogens with one attached hydrogen (secondary N) is 1. The van der Waals surface area contributed by atoms with E-state index in [1.165, 1.54) is 32.1 Å². The Hall–Kier alpha value is -1.26. The lowest BCUT2D eigenvalue weighted by atomic mass is 9.87. The lowest BCUT2D eigenvalue weighted by Crippen LogP contribution is -2.39. The van der Waals surface area contributed by atoms with Crippen LogP contribution in [0.5, 0.6) is 0 Å². The number of hydrogen-bond acceptors (Lipinski definition) is 2. The molecule has 0 aromatic rings. The second kappa shape index (κ2) is 6.95. The van der Waals surface area contributed by atoms with Gasteiger partial charge in [0.25, 0.3) is 0 Å². The summed E-state index contributed by atoms with van der Waals surface area (Å²) in [5, 5.41) is 12.0. The zero-order chi connectivity index (χ0) is 14.5. The molecule has 20 heavy (non-hydrogen) atoms. The van der Waals surface area contributed by atoms with Crippen LogP contribution in [0.25, 0.3) is 0 Å². The summed E-state index contributed by atoms with van der Waals surface area (Å²) >= 11 is 0. The minimum absolute atomic E-state index is 0.0385. The number of amides is 2. The van der Waals surface area contributed by atoms with Crippen molar-refractivity contribution in [1.82, 2.24) is 10.2 Å². The van der Waals surface area contributed by atoms with E-state index >= 15 is 0 Å². The highest BCUT2D eigenvalue weighted by Gasteiger charge is 2.36. The van der Waals surface area contributed by atoms with Crippen molar-refractivity contribution in [2.45, 2.75) is 45.4 Å². The maximum absolute atomic E-state index is 12.0. The Morgan fingerprint density at radius 3 is 2.50 bits per heavy atom. The van der Waals surface area contributed by atoms with Crippen LogP contribution in [0, 0.1) is 17.8 Å². The molecule has 1 aliphatic heterocycles. The first-order valence-electron chi connectivity index (χ1n) is 7.83. The molecule has 5 nitrogen and oxygen atoms in total. The molecular weight excluding hydrogens is 256 g/mol. The number of carboxylic acid groups (broad SMARTS) is 1. The Bertz CT molecular complexity index is 353. The zero-order valence-corrected chi connectivity index (χ0v) is 12.3. The van der Waals surface area contributed by atoms with E-state index in [0.29, 0.717) is 19.6 Å². The molecule has 1 saturated carbocycles. The SMILES string of the molecule is C[C@@H]1CN(C(=O)NCCC2CCCCC2)C[C@H]1C(=O)O. The predicted molar refractivity (Wildman–Crippen MR) is 76.5 cm³/mol. The van der Waals surface area contributed by atoms with Gasteiger partial charge in [0.2, 0.25) is 0 Å². The smallest absolute Gasteiger partial charge is 0.317 e. The quantitative estimate of drug-likeness (QED) is 0.831. The molecule has 0 radical (unpaired) electrons. The minimum atomic E-state index is -0.796. The molecule has 2 rings (SSSR count). The molecule has 2 N–H and O–H groups in total. The van der Waals surface area contributed by atoms with Crippen LogP contribution in [-0.2, 0) is 4.79 Å². The third-order valence-corrected chi connectivity index (χ3v) is 4.77. The molecule has 1 heterocycles. The van der Waals surface area contributed by atoms with Crippen molar-refractivity contribution in [2.24, 2.45) is 17.8 Å². The molecule has 114 valence electrons. The van der Waals surface area contributed by atoms with Crippen molar-refractivity contribution in [3.8, 4) is 0 Å². The van der Waals surface area contributed by atoms with Crippen LogP contribution in [0.15, 0.2) is 0 Å². The van der Waals surface area contributed by atoms with Crippen LogP contribution in [0.1, 0.15) is 45.4 Å². The topological polar surface area (TPSA) is 69.6 Å². The fourth-order valence-corrected chi connectivity index (χ4v) is 3.42. The van der Waals surface area contributed by atoms with E-state index in [1.54, 1.807) is 4.90 Å². The molecule has 2 atom stereocenters. The summed E-state index contributed by atoms with van der Waals surface area (Å²) in [4.78, 5) is 24.7. The molecule has 0 unspecified atom stereocenters. The summed E-state index contributed by atoms with van der Waals surface area (Å²) in [7, 11) is 0. The van der Waals surface area contributed by atoms with Crippen LogP contribution in [0.2, 0.25) is 0 Å². The first-order valence-corrected chi connectivity index (χ1v) is 7.83. The number of rotatable bonds is 4. The molecule has 2 fully saturated rings. The lowest BCUT2D eigenvalue weighted by molar-refractivity contribution is -0.142. The molecule has 0 aromatic heterocycles. The van der Waals surface area contributed by atoms with Crippen molar-refractivity contribution in [1.29, 1.82) is 0 Å². The highest BCUT2D eigenvalue weighted by molar-refractivity contribution is 5.77. The van der Waals surface area contributed by atoms with Gasteiger partial charge in [-0.15, -0.1) is 0 Å². The monoisotopic (exact) mass is 282 g/mol. The van der Waals surface area contributed by atoms with E-state index in [2.05, 4.69) is 5.32 Å². The summed E-state index contributed by atoms with van der Waals surface area (Å²) in [6, 6.07) is -0.101. The standard InChI is InChI=1S/C15H26N2O3/c1-11-9-17(10-13(11)14(18)19)15(20)16-8-7-12-5-3-2-4-6-12/h11-13H,2-10H2,1H3,(H,16,20)(H,18,19)/t11-,13-/m1/s1. The number of likely N-dealkylation sites (tertiary alicyclic amines) is 1. The predicted octanol–water partition coefficient (Wildman–Crippen LogP) is 2.32. The highest BCUT2D eigenvalue weighted by atomic mass is 16.4. The summed E-state index contributed by atoms with van der Waals surface area (Å²) in [5.41, 5.74) is 0. The van der Waals surface area contributed by atoms with Crippen LogP contribution in [0.4, 0.5) is 4.79 Å². The van der Waals surface area contributed by atoms with E-state index in [1.807, 2.05) is 6.92 Å². The first-order chi connectivity index (χ1) is 9.58. The molecule has 0 bridgehead atoms. The number of urea groups is 1. The molecule has 1 aliphatic carbocycles. The molecule has 2 amide bonds. The van der Waals surface area contributed by atoms with Crippen molar-refractivity contribution in [3.63, 3.8) is 0 Å². The number of carbonyl (C=O) groups is 2. The highest BCUT2D eigenvalue weighted by Crippen LogP contribution is 2.26. The van der Waals surface area contributed by atoms with E-state index in [4.69, 9.17) is 5.11 Å². The van der Waals surface area contributed by atoms with Gasteiger partial charge in [-0.05, 0) is 18.3 Å². The van der Waals surface area contributed by atoms with Gasteiger partial charge < -0.3 is 15.3 Å². The molecular formula is C15H26N2O3. The van der Waals surface area contributed by atoms with Gasteiger partial charge >= 0.3 is 12.0 Å². The molecule has 2 aliphatic rings. The Labute approximate surface area is 120 Å². The van der Waals surface area contributed by atoms with Gasteiger partial charge in [0, 0.05) is 19.6 Å². The Kier molecular flexibility index (Phi) is 5.26. The molecule has 0 spiro atoms. The van der Waals surface area contributed by atoms with Crippen LogP contribution in [-0.4, -0.2) is 41.6 Å². The first kappa shape index (κ1) is 15.1. The number of hydrogen-bond donors (Lipinski definition) is 2. The summed E-state index contributed by atoms with van der Waals surface area (Å²) in [5.74, 6) is -0.418. The second-order valence-electron chi connectivity index (χ2n) is 6.35. The number of carbonyl (C=O) groups excluding carboxylic acids is 1. The molecule has 1 saturated heterocycles. The largest absolute Gasteiger partial charge is 0.481 e. The second-order valence-corrected chi connectivity index (χ2v) is 6.35. The zero-order valence-electron chi connectivity index (χ0n) is 12.3. The van der Waals surface area contributed by atoms with Gasteiger partial charge in [-0.25, -0.2) is 4.79 Å². The van der Waals surface area contributed by atoms with Gasteiger partial charge in [0.15, 0.2) is 0 Å². The van der Waals surface area contributed by atoms with E-state index in [9.17, 15) is 9.59 Å². The third kappa shape index (κ3) is 3.87. The summed E-state index contributed by atoms with van der Waals surface area (Å²) < 4.78 is 0. The van der Waals surface area contributed by atoms with Gasteiger partial charge in [-0.1, -0.05) is 39.0 Å². The fraction of sp³-hybridized carbons (Fsp3) is 0.867. The number of nitrogens with zero attached hydrogens (tertiary/aromatic N) is 1. The van der Waals surface area contributed by atoms with Crippen molar-refractivity contribution >= 4 is 12.0 Å². The van der Waals surface area contributed by atoms with E-state index < -0.39 is 11.9 Å². The number of carboxylic acids is 1. The van der Waals surface area contributed by atoms with Gasteiger partial charge in [-0.2, -0.15) is 0 Å². The van der Waals surface area contributed by atoms with Crippen LogP contribution >= 0.6 is 0 Å². The molecule has 5 heteroatoms. The Morgan fingerprint density at radius 1 is 1.20 bits per heavy atom. The van der Waals surface area contributed by atoms with Crippen molar-refractivity contribution < 1.29 is 14.7 Å². The Morgan fingerprint density at radius 2 is 1.90 bits per heavy atom. The summed E-state index contributed by atoms with van der Waals surface area (Å²) in [6.45, 7) is 3.50. The van der Waals surface area contributed by atoms with Gasteiger partial charge in [-0.3, -0.25) is 4.79 Å². The van der Waals surface area contributed by atoms with Gasteiger partial charge in [0.1, 0.15) is 0 Å². The van der Waals surface area contributed by atoms with Crippen molar-refractivity contribution in [3.05, 3.63) is 0 Å². The average Bonchev–Trinajstić information content (AvgIpc) is 2.82. The normalized spacial score (nSPS) is 27.6. The van der Waals surface area contributed by atoms with Gasteiger partial charge in [0.05, 0.1) is 5.92 Å². The minimum Gasteiger partial charge on any atom is -0.481 e. The van der Waals surface area contributed by atoms with E-state index in [0.717, 1.165) is 12.3 Å². The summed E-state index contributed by atoms with van der Waals surface area (Å²) in [6.07, 6.45) is 7.63. The van der Waals surface area contributed by atoms with Crippen LogP contribution < -0.4 is 5.32 Å². The average molecular weight is 282 g/mol. The maximum atomic E-state index is 12.0. The lowest BCUT2D eigenvalue weighted by Gasteiger charge is -2.22. The maximum Gasteiger partial charge on any atom is 0.317 e. The van der Waals surface area contributed by atoms with Crippen molar-refractivity contribution in [2.75, 3.05) is 19.6 Å². The van der Waals surface area contributed by atoms with Crippen LogP contribution in [0.3, 0.4) is 0 Å².